The predicted molar refractivity (Wildman–Crippen MR) is 83.8 cm³/mol. The number of thiophene rings is 1. The van der Waals surface area contributed by atoms with Crippen LogP contribution in [0.4, 0.5) is 10.7 Å². The fourth-order valence-electron chi connectivity index (χ4n) is 2.08. The lowest BCUT2D eigenvalue weighted by Crippen LogP contribution is -2.18. The molecule has 110 valence electrons. The number of nitrogen functional groups attached to an aromatic ring is 1. The average Bonchev–Trinajstić information content (AvgIpc) is 2.75. The molecule has 1 atom stereocenters. The van der Waals surface area contributed by atoms with E-state index in [9.17, 15) is 4.79 Å². The molecular weight excluding hydrogens is 272 g/mol. The van der Waals surface area contributed by atoms with Crippen molar-refractivity contribution in [1.29, 1.82) is 5.26 Å². The monoisotopic (exact) mass is 294 g/mol. The van der Waals surface area contributed by atoms with Gasteiger partial charge in [-0.3, -0.25) is 4.79 Å². The smallest absolute Gasteiger partial charge is 0.253 e. The lowest BCUT2D eigenvalue weighted by Gasteiger charge is -2.15. The predicted octanol–water partition coefficient (Wildman–Crippen LogP) is 2.93. The Balaban J connectivity index is 2.82. The molecule has 5 N–H and O–H groups in total. The van der Waals surface area contributed by atoms with Crippen LogP contribution in [0.1, 0.15) is 54.8 Å². The molecule has 1 amide bonds. The van der Waals surface area contributed by atoms with Crippen molar-refractivity contribution >= 4 is 27.9 Å². The quantitative estimate of drug-likeness (QED) is 0.685. The van der Waals surface area contributed by atoms with E-state index < -0.39 is 5.91 Å². The van der Waals surface area contributed by atoms with Gasteiger partial charge in [0.15, 0.2) is 0 Å². The number of hydrogen-bond donors (Lipinski definition) is 3. The van der Waals surface area contributed by atoms with Crippen molar-refractivity contribution in [3.63, 3.8) is 0 Å². The molecule has 1 rings (SSSR count). The highest BCUT2D eigenvalue weighted by molar-refractivity contribution is 7.17. The van der Waals surface area contributed by atoms with Gasteiger partial charge in [-0.05, 0) is 12.3 Å². The molecule has 5 nitrogen and oxygen atoms in total. The number of carbonyl (C=O) groups is 1. The number of nitrogens with one attached hydrogen (secondary N) is 1. The van der Waals surface area contributed by atoms with E-state index in [1.807, 2.05) is 6.07 Å². The third kappa shape index (κ3) is 3.87. The van der Waals surface area contributed by atoms with Gasteiger partial charge in [-0.2, -0.15) is 5.26 Å². The normalized spacial score (nSPS) is 11.8. The molecule has 0 aromatic carbocycles. The third-order valence-electron chi connectivity index (χ3n) is 3.39. The summed E-state index contributed by atoms with van der Waals surface area (Å²) in [6.07, 6.45) is 4.59. The summed E-state index contributed by atoms with van der Waals surface area (Å²) in [5.41, 5.74) is 11.6. The van der Waals surface area contributed by atoms with Gasteiger partial charge in [-0.15, -0.1) is 11.3 Å². The van der Waals surface area contributed by atoms with Crippen molar-refractivity contribution < 1.29 is 4.79 Å². The first kappa shape index (κ1) is 16.3. The van der Waals surface area contributed by atoms with Crippen LogP contribution < -0.4 is 16.8 Å². The van der Waals surface area contributed by atoms with Gasteiger partial charge in [0.2, 0.25) is 0 Å². The highest BCUT2D eigenvalue weighted by atomic mass is 32.1. The summed E-state index contributed by atoms with van der Waals surface area (Å²) >= 11 is 1.19. The zero-order valence-electron chi connectivity index (χ0n) is 12.0. The molecule has 0 spiro atoms. The van der Waals surface area contributed by atoms with Crippen LogP contribution in [-0.4, -0.2) is 12.5 Å². The summed E-state index contributed by atoms with van der Waals surface area (Å²) in [6, 6.07) is 1.99. The standard InChI is InChI=1S/C14H22N4OS/c1-3-5-6-9(4-2)8-18-14-11(13(17)19)12(16)10(7-15)20-14/h9,18H,3-6,8,16H2,1-2H3,(H2,17,19). The molecule has 0 radical (unpaired) electrons. The lowest BCUT2D eigenvalue weighted by molar-refractivity contribution is 0.100. The lowest BCUT2D eigenvalue weighted by atomic mass is 9.99. The van der Waals surface area contributed by atoms with Gasteiger partial charge in [-0.1, -0.05) is 33.1 Å². The van der Waals surface area contributed by atoms with Crippen molar-refractivity contribution in [1.82, 2.24) is 0 Å². The Morgan fingerprint density at radius 3 is 2.70 bits per heavy atom. The maximum atomic E-state index is 11.5. The molecular formula is C14H22N4OS. The van der Waals surface area contributed by atoms with Crippen LogP contribution in [0.3, 0.4) is 0 Å². The molecule has 6 heteroatoms. The SMILES string of the molecule is CCCCC(CC)CNc1sc(C#N)c(N)c1C(N)=O. The Labute approximate surface area is 124 Å². The Kier molecular flexibility index (Phi) is 6.32. The maximum absolute atomic E-state index is 11.5. The zero-order valence-corrected chi connectivity index (χ0v) is 12.8. The summed E-state index contributed by atoms with van der Waals surface area (Å²) < 4.78 is 0. The molecule has 0 aliphatic heterocycles. The van der Waals surface area contributed by atoms with Crippen LogP contribution in [0, 0.1) is 17.2 Å². The molecule has 20 heavy (non-hydrogen) atoms. The summed E-state index contributed by atoms with van der Waals surface area (Å²) in [5.74, 6) is -0.0473. The van der Waals surface area contributed by atoms with E-state index in [1.54, 1.807) is 0 Å². The van der Waals surface area contributed by atoms with Gasteiger partial charge in [0.1, 0.15) is 15.9 Å². The molecule has 1 unspecified atom stereocenters. The highest BCUT2D eigenvalue weighted by Crippen LogP contribution is 2.35. The number of carbonyl (C=O) groups excluding carboxylic acids is 1. The van der Waals surface area contributed by atoms with E-state index in [0.717, 1.165) is 19.4 Å². The van der Waals surface area contributed by atoms with Crippen LogP contribution in [0.15, 0.2) is 0 Å². The molecule has 0 saturated heterocycles. The molecule has 1 heterocycles. The third-order valence-corrected chi connectivity index (χ3v) is 4.46. The van der Waals surface area contributed by atoms with Crippen LogP contribution in [-0.2, 0) is 0 Å². The van der Waals surface area contributed by atoms with E-state index in [-0.39, 0.29) is 11.3 Å². The largest absolute Gasteiger partial charge is 0.396 e. The van der Waals surface area contributed by atoms with E-state index in [1.165, 1.54) is 24.2 Å². The van der Waals surface area contributed by atoms with Crippen molar-refractivity contribution in [2.24, 2.45) is 11.7 Å². The zero-order chi connectivity index (χ0) is 15.1. The minimum Gasteiger partial charge on any atom is -0.396 e. The van der Waals surface area contributed by atoms with Crippen molar-refractivity contribution in [2.75, 3.05) is 17.6 Å². The van der Waals surface area contributed by atoms with E-state index in [4.69, 9.17) is 16.7 Å². The second-order valence-corrected chi connectivity index (χ2v) is 5.84. The van der Waals surface area contributed by atoms with Crippen LogP contribution in [0.2, 0.25) is 0 Å². The van der Waals surface area contributed by atoms with Crippen LogP contribution >= 0.6 is 11.3 Å². The molecule has 0 fully saturated rings. The Morgan fingerprint density at radius 1 is 1.50 bits per heavy atom. The van der Waals surface area contributed by atoms with Crippen molar-refractivity contribution in [3.8, 4) is 6.07 Å². The minimum absolute atomic E-state index is 0.189. The number of nitriles is 1. The van der Waals surface area contributed by atoms with Crippen LogP contribution in [0.25, 0.3) is 0 Å². The second kappa shape index (κ2) is 7.75. The van der Waals surface area contributed by atoms with Crippen molar-refractivity contribution in [2.45, 2.75) is 39.5 Å². The fourth-order valence-corrected chi connectivity index (χ4v) is 3.01. The number of primary amides is 1. The first-order chi connectivity index (χ1) is 9.54. The number of unbranched alkanes of at least 4 members (excludes halogenated alkanes) is 1. The summed E-state index contributed by atoms with van der Waals surface area (Å²) in [7, 11) is 0. The van der Waals surface area contributed by atoms with Crippen LogP contribution in [0.5, 0.6) is 0 Å². The van der Waals surface area contributed by atoms with Gasteiger partial charge in [0, 0.05) is 6.54 Å². The topological polar surface area (TPSA) is 105 Å². The second-order valence-electron chi connectivity index (χ2n) is 4.82. The van der Waals surface area contributed by atoms with E-state index >= 15 is 0 Å². The number of nitrogens with two attached hydrogens (primary N) is 2. The molecule has 0 bridgehead atoms. The average molecular weight is 294 g/mol. The molecule has 0 aliphatic carbocycles. The van der Waals surface area contributed by atoms with Gasteiger partial charge >= 0.3 is 0 Å². The highest BCUT2D eigenvalue weighted by Gasteiger charge is 2.20. The molecule has 0 saturated carbocycles. The molecule has 1 aromatic rings. The van der Waals surface area contributed by atoms with Gasteiger partial charge in [0.05, 0.1) is 11.3 Å². The number of rotatable bonds is 8. The number of hydrogen-bond acceptors (Lipinski definition) is 5. The van der Waals surface area contributed by atoms with Crippen molar-refractivity contribution in [3.05, 3.63) is 10.4 Å². The first-order valence-corrected chi connectivity index (χ1v) is 7.72. The van der Waals surface area contributed by atoms with E-state index in [2.05, 4.69) is 19.2 Å². The van der Waals surface area contributed by atoms with Gasteiger partial charge in [-0.25, -0.2) is 0 Å². The summed E-state index contributed by atoms with van der Waals surface area (Å²) in [4.78, 5) is 11.8. The Morgan fingerprint density at radius 2 is 2.20 bits per heavy atom. The van der Waals surface area contributed by atoms with E-state index in [0.29, 0.717) is 15.8 Å². The first-order valence-electron chi connectivity index (χ1n) is 6.91. The molecule has 1 aromatic heterocycles. The number of anilines is 2. The minimum atomic E-state index is -0.593. The Hall–Kier alpha value is -1.74. The number of amides is 1. The summed E-state index contributed by atoms with van der Waals surface area (Å²) in [6.45, 7) is 5.09. The molecule has 0 aliphatic rings. The Bertz CT molecular complexity index is 504. The summed E-state index contributed by atoms with van der Waals surface area (Å²) in [5, 5.41) is 12.8. The van der Waals surface area contributed by atoms with Gasteiger partial charge in [0.25, 0.3) is 5.91 Å². The number of nitrogens with zero attached hydrogens (tertiary/aromatic N) is 1. The maximum Gasteiger partial charge on any atom is 0.253 e. The fraction of sp³-hybridized carbons (Fsp3) is 0.571. The van der Waals surface area contributed by atoms with Gasteiger partial charge < -0.3 is 16.8 Å².